The summed E-state index contributed by atoms with van der Waals surface area (Å²) in [4.78, 5) is 18.9. The van der Waals surface area contributed by atoms with E-state index in [1.165, 1.54) is 11.8 Å². The Bertz CT molecular complexity index is 741. The first kappa shape index (κ1) is 13.1. The van der Waals surface area contributed by atoms with Crippen LogP contribution in [-0.4, -0.2) is 26.5 Å². The number of aromatic amines is 1. The molecule has 0 saturated carbocycles. The number of carbonyl (C=O) groups excluding carboxylic acids is 1. The molecule has 3 aromatic rings. The highest BCUT2D eigenvalue weighted by Gasteiger charge is 2.14. The van der Waals surface area contributed by atoms with E-state index in [0.717, 1.165) is 5.56 Å². The van der Waals surface area contributed by atoms with Crippen molar-refractivity contribution < 1.29 is 9.21 Å². The maximum Gasteiger partial charge on any atom is 0.216 e. The fourth-order valence-corrected chi connectivity index (χ4v) is 2.75. The molecule has 0 aromatic carbocycles. The van der Waals surface area contributed by atoms with E-state index in [9.17, 15) is 4.79 Å². The summed E-state index contributed by atoms with van der Waals surface area (Å²) in [5.41, 5.74) is 0.895. The Morgan fingerprint density at radius 2 is 2.15 bits per heavy atom. The van der Waals surface area contributed by atoms with Crippen LogP contribution in [0.4, 0.5) is 0 Å². The van der Waals surface area contributed by atoms with Gasteiger partial charge in [0.2, 0.25) is 5.16 Å². The van der Waals surface area contributed by atoms with Gasteiger partial charge in [-0.1, -0.05) is 0 Å². The predicted molar refractivity (Wildman–Crippen MR) is 75.5 cm³/mol. The molecule has 0 radical (unpaired) electrons. The van der Waals surface area contributed by atoms with Crippen LogP contribution in [0.2, 0.25) is 0 Å². The second-order valence-electron chi connectivity index (χ2n) is 3.71. The Labute approximate surface area is 126 Å². The van der Waals surface area contributed by atoms with Gasteiger partial charge in [0.15, 0.2) is 23.0 Å². The first-order valence-corrected chi connectivity index (χ1v) is 7.12. The van der Waals surface area contributed by atoms with Crippen LogP contribution in [0.25, 0.3) is 11.4 Å². The number of hydrogen-bond acceptors (Lipinski definition) is 6. The van der Waals surface area contributed by atoms with E-state index in [2.05, 4.69) is 36.1 Å². The number of nitrogens with one attached hydrogen (secondary N) is 1. The van der Waals surface area contributed by atoms with Gasteiger partial charge in [-0.3, -0.25) is 14.9 Å². The molecule has 3 heterocycles. The number of carbonyl (C=O) groups is 1. The summed E-state index contributed by atoms with van der Waals surface area (Å²) in [6, 6.07) is 5.27. The van der Waals surface area contributed by atoms with E-state index >= 15 is 0 Å². The molecule has 0 saturated heterocycles. The maximum atomic E-state index is 10.6. The van der Waals surface area contributed by atoms with E-state index in [-0.39, 0.29) is 5.76 Å². The molecule has 0 spiro atoms. The number of nitrogens with zero attached hydrogens (tertiary/aromatic N) is 3. The third-order valence-electron chi connectivity index (χ3n) is 2.39. The van der Waals surface area contributed by atoms with Gasteiger partial charge in [-0.05, 0) is 39.8 Å². The minimum absolute atomic E-state index is 0.254. The fraction of sp³-hybridized carbons (Fsp3) is 0. The molecule has 0 amide bonds. The van der Waals surface area contributed by atoms with Crippen LogP contribution in [0.15, 0.2) is 49.7 Å². The van der Waals surface area contributed by atoms with E-state index in [1.54, 1.807) is 18.5 Å². The molecule has 3 rings (SSSR count). The van der Waals surface area contributed by atoms with Gasteiger partial charge in [0, 0.05) is 24.0 Å². The van der Waals surface area contributed by atoms with Crippen molar-refractivity contribution in [2.24, 2.45) is 0 Å². The number of rotatable bonds is 4. The highest BCUT2D eigenvalue weighted by atomic mass is 79.9. The summed E-state index contributed by atoms with van der Waals surface area (Å²) in [7, 11) is 0. The van der Waals surface area contributed by atoms with E-state index in [1.807, 2.05) is 12.1 Å². The van der Waals surface area contributed by atoms with Crippen molar-refractivity contribution in [2.45, 2.75) is 10.2 Å². The summed E-state index contributed by atoms with van der Waals surface area (Å²) < 4.78 is 6.02. The third-order valence-corrected chi connectivity index (χ3v) is 4.10. The molecule has 8 heteroatoms. The number of aromatic nitrogens is 4. The van der Waals surface area contributed by atoms with Crippen LogP contribution < -0.4 is 0 Å². The molecular weight excluding hydrogens is 344 g/mol. The van der Waals surface area contributed by atoms with Crippen LogP contribution in [-0.2, 0) is 0 Å². The second kappa shape index (κ2) is 5.59. The van der Waals surface area contributed by atoms with Gasteiger partial charge >= 0.3 is 0 Å². The Balaban J connectivity index is 1.84. The van der Waals surface area contributed by atoms with Crippen molar-refractivity contribution in [1.29, 1.82) is 0 Å². The molecule has 6 nitrogen and oxygen atoms in total. The van der Waals surface area contributed by atoms with E-state index in [0.29, 0.717) is 26.8 Å². The van der Waals surface area contributed by atoms with Crippen LogP contribution in [0, 0.1) is 0 Å². The molecule has 0 unspecified atom stereocenters. The first-order valence-electron chi connectivity index (χ1n) is 5.51. The molecule has 0 bridgehead atoms. The second-order valence-corrected chi connectivity index (χ2v) is 5.50. The Morgan fingerprint density at radius 3 is 2.85 bits per heavy atom. The smallest absolute Gasteiger partial charge is 0.216 e. The maximum absolute atomic E-state index is 10.6. The zero-order valence-electron chi connectivity index (χ0n) is 9.91. The number of pyridine rings is 1. The van der Waals surface area contributed by atoms with Crippen LogP contribution in [0.3, 0.4) is 0 Å². The number of aldehydes is 1. The average molecular weight is 351 g/mol. The Morgan fingerprint density at radius 1 is 1.35 bits per heavy atom. The van der Waals surface area contributed by atoms with Crippen molar-refractivity contribution in [1.82, 2.24) is 20.2 Å². The minimum Gasteiger partial charge on any atom is -0.445 e. The largest absolute Gasteiger partial charge is 0.445 e. The van der Waals surface area contributed by atoms with Gasteiger partial charge in [0.1, 0.15) is 0 Å². The SMILES string of the molecule is O=Cc1cc(Br)c(Sc2n[nH]c(-c3ccncc3)n2)o1. The lowest BCUT2D eigenvalue weighted by Crippen LogP contribution is -1.80. The van der Waals surface area contributed by atoms with Crippen molar-refractivity contribution in [3.63, 3.8) is 0 Å². The molecule has 1 N–H and O–H groups in total. The van der Waals surface area contributed by atoms with Gasteiger partial charge in [-0.15, -0.1) is 5.10 Å². The number of halogens is 1. The Kier molecular flexibility index (Phi) is 3.66. The molecule has 0 atom stereocenters. The molecule has 0 aliphatic heterocycles. The highest BCUT2D eigenvalue weighted by molar-refractivity contribution is 9.10. The normalized spacial score (nSPS) is 10.7. The molecular formula is C12H7BrN4O2S. The van der Waals surface area contributed by atoms with Gasteiger partial charge in [0.05, 0.1) is 4.47 Å². The van der Waals surface area contributed by atoms with Crippen LogP contribution >= 0.6 is 27.7 Å². The topological polar surface area (TPSA) is 84.7 Å². The summed E-state index contributed by atoms with van der Waals surface area (Å²) in [5, 5.41) is 7.99. The van der Waals surface area contributed by atoms with Crippen molar-refractivity contribution in [3.05, 3.63) is 40.8 Å². The summed E-state index contributed by atoms with van der Waals surface area (Å²) in [6.45, 7) is 0. The third kappa shape index (κ3) is 2.66. The molecule has 100 valence electrons. The number of furan rings is 1. The summed E-state index contributed by atoms with van der Waals surface area (Å²) >= 11 is 4.54. The quantitative estimate of drug-likeness (QED) is 0.727. The minimum atomic E-state index is 0.254. The van der Waals surface area contributed by atoms with Crippen molar-refractivity contribution in [3.8, 4) is 11.4 Å². The zero-order chi connectivity index (χ0) is 13.9. The Hall–Kier alpha value is -1.93. The molecule has 3 aromatic heterocycles. The number of H-pyrrole nitrogens is 1. The zero-order valence-corrected chi connectivity index (χ0v) is 12.3. The molecule has 0 fully saturated rings. The van der Waals surface area contributed by atoms with Gasteiger partial charge < -0.3 is 4.42 Å². The molecule has 0 aliphatic rings. The first-order chi connectivity index (χ1) is 9.76. The lowest BCUT2D eigenvalue weighted by atomic mass is 10.3. The average Bonchev–Trinajstić information content (AvgIpc) is 3.08. The lowest BCUT2D eigenvalue weighted by molar-refractivity contribution is 0.109. The standard InChI is InChI=1S/C12H7BrN4O2S/c13-9-5-8(6-18)19-11(9)20-12-15-10(16-17-12)7-1-3-14-4-2-7/h1-6H,(H,15,16,17). The van der Waals surface area contributed by atoms with Gasteiger partial charge in [-0.25, -0.2) is 4.98 Å². The van der Waals surface area contributed by atoms with Gasteiger partial charge in [-0.2, -0.15) is 0 Å². The predicted octanol–water partition coefficient (Wildman–Crippen LogP) is 3.19. The van der Waals surface area contributed by atoms with E-state index < -0.39 is 0 Å². The van der Waals surface area contributed by atoms with Crippen LogP contribution in [0.5, 0.6) is 0 Å². The summed E-state index contributed by atoms with van der Waals surface area (Å²) in [5.74, 6) is 0.900. The van der Waals surface area contributed by atoms with Gasteiger partial charge in [0.25, 0.3) is 0 Å². The van der Waals surface area contributed by atoms with Crippen molar-refractivity contribution >= 4 is 34.0 Å². The van der Waals surface area contributed by atoms with Crippen LogP contribution in [0.1, 0.15) is 10.6 Å². The summed E-state index contributed by atoms with van der Waals surface area (Å²) in [6.07, 6.45) is 4.02. The molecule has 0 aliphatic carbocycles. The molecule has 20 heavy (non-hydrogen) atoms. The lowest BCUT2D eigenvalue weighted by Gasteiger charge is -1.93. The van der Waals surface area contributed by atoms with E-state index in [4.69, 9.17) is 4.42 Å². The van der Waals surface area contributed by atoms with Crippen molar-refractivity contribution in [2.75, 3.05) is 0 Å². The monoisotopic (exact) mass is 350 g/mol. The fourth-order valence-electron chi connectivity index (χ4n) is 1.51. The number of hydrogen-bond donors (Lipinski definition) is 1. The highest BCUT2D eigenvalue weighted by Crippen LogP contribution is 2.34.